The number of carbonyl (C=O) groups excluding carboxylic acids is 2. The van der Waals surface area contributed by atoms with E-state index in [-0.39, 0.29) is 0 Å². The molecule has 2 rings (SSSR count). The lowest BCUT2D eigenvalue weighted by atomic mass is 9.84. The highest BCUT2D eigenvalue weighted by molar-refractivity contribution is 6.05. The van der Waals surface area contributed by atoms with Gasteiger partial charge in [-0.25, -0.2) is 10.9 Å². The van der Waals surface area contributed by atoms with Crippen LogP contribution in [0.15, 0.2) is 18.2 Å². The number of imide groups is 1. The van der Waals surface area contributed by atoms with Crippen LogP contribution in [0.25, 0.3) is 0 Å². The molecule has 1 unspecified atom stereocenters. The molecule has 1 fully saturated rings. The van der Waals surface area contributed by atoms with E-state index in [9.17, 15) is 14.7 Å². The molecule has 0 spiro atoms. The fourth-order valence-corrected chi connectivity index (χ4v) is 3.38. The third-order valence-electron chi connectivity index (χ3n) is 5.20. The Morgan fingerprint density at radius 3 is 2.44 bits per heavy atom. The van der Waals surface area contributed by atoms with E-state index in [1.54, 1.807) is 18.2 Å². The van der Waals surface area contributed by atoms with E-state index >= 15 is 0 Å². The van der Waals surface area contributed by atoms with E-state index in [4.69, 9.17) is 11.6 Å². The maximum Gasteiger partial charge on any atom is 0.274 e. The Morgan fingerprint density at radius 2 is 1.84 bits per heavy atom. The second kappa shape index (κ2) is 8.56. The van der Waals surface area contributed by atoms with Gasteiger partial charge in [0.25, 0.3) is 11.8 Å². The molecule has 6 heteroatoms. The van der Waals surface area contributed by atoms with Crippen LogP contribution in [0.4, 0.5) is 0 Å². The molecule has 0 bridgehead atoms. The number of aliphatic hydroxyl groups is 1. The summed E-state index contributed by atoms with van der Waals surface area (Å²) < 4.78 is 0. The van der Waals surface area contributed by atoms with E-state index in [0.717, 1.165) is 36.8 Å². The zero-order valence-electron chi connectivity index (χ0n) is 15.1. The summed E-state index contributed by atoms with van der Waals surface area (Å²) in [6.07, 6.45) is 4.80. The van der Waals surface area contributed by atoms with Crippen molar-refractivity contribution in [1.29, 1.82) is 0 Å². The molecule has 1 saturated carbocycles. The van der Waals surface area contributed by atoms with Gasteiger partial charge in [-0.3, -0.25) is 9.59 Å². The second-order valence-electron chi connectivity index (χ2n) is 7.16. The average molecular weight is 347 g/mol. The van der Waals surface area contributed by atoms with E-state index in [0.29, 0.717) is 22.9 Å². The zero-order valence-corrected chi connectivity index (χ0v) is 15.1. The number of hydrogen-bond acceptors (Lipinski definition) is 5. The summed E-state index contributed by atoms with van der Waals surface area (Å²) in [6.45, 7) is 3.81. The molecule has 6 nitrogen and oxygen atoms in total. The fraction of sp³-hybridized carbons (Fsp3) is 0.579. The minimum absolute atomic E-state index is 0.312. The minimum atomic E-state index is -1.47. The van der Waals surface area contributed by atoms with E-state index in [1.165, 1.54) is 6.42 Å². The summed E-state index contributed by atoms with van der Waals surface area (Å²) in [5, 5.41) is 10.7. The number of aryl methyl sites for hydroxylation is 2. The van der Waals surface area contributed by atoms with Crippen molar-refractivity contribution in [2.45, 2.75) is 64.5 Å². The van der Waals surface area contributed by atoms with Crippen molar-refractivity contribution in [3.05, 3.63) is 34.9 Å². The molecule has 2 atom stereocenters. The lowest BCUT2D eigenvalue weighted by Crippen LogP contribution is -2.53. The first-order valence-electron chi connectivity index (χ1n) is 8.95. The number of hydrazine groups is 1. The van der Waals surface area contributed by atoms with Crippen molar-refractivity contribution in [2.24, 2.45) is 17.5 Å². The Kier molecular flexibility index (Phi) is 6.70. The average Bonchev–Trinajstić information content (AvgIpc) is 2.62. The highest BCUT2D eigenvalue weighted by Gasteiger charge is 2.32. The largest absolute Gasteiger partial charge is 0.382 e. The molecule has 5 N–H and O–H groups in total. The number of amides is 2. The summed E-state index contributed by atoms with van der Waals surface area (Å²) in [5.74, 6) is 4.60. The van der Waals surface area contributed by atoms with Crippen LogP contribution in [0.1, 0.15) is 60.0 Å². The molecule has 0 radical (unpaired) electrons. The highest BCUT2D eigenvalue weighted by atomic mass is 16.3. The SMILES string of the molecule is Cc1ccc(C(=O)N(N)C(=O)C(O)[C@H](N)CC2CCCCC2)cc1C. The Balaban J connectivity index is 1.99. The van der Waals surface area contributed by atoms with E-state index < -0.39 is 24.0 Å². The van der Waals surface area contributed by atoms with Crippen LogP contribution >= 0.6 is 0 Å². The molecule has 1 aromatic carbocycles. The first-order valence-corrected chi connectivity index (χ1v) is 8.95. The van der Waals surface area contributed by atoms with Gasteiger partial charge in [0, 0.05) is 11.6 Å². The quantitative estimate of drug-likeness (QED) is 0.427. The smallest absolute Gasteiger partial charge is 0.274 e. The molecular formula is C19H29N3O3. The molecular weight excluding hydrogens is 318 g/mol. The number of rotatable bonds is 5. The topological polar surface area (TPSA) is 110 Å². The number of carbonyl (C=O) groups is 2. The van der Waals surface area contributed by atoms with E-state index in [2.05, 4.69) is 0 Å². The molecule has 25 heavy (non-hydrogen) atoms. The van der Waals surface area contributed by atoms with Crippen LogP contribution in [0.5, 0.6) is 0 Å². The van der Waals surface area contributed by atoms with Gasteiger partial charge in [-0.2, -0.15) is 0 Å². The van der Waals surface area contributed by atoms with Crippen molar-refractivity contribution in [3.8, 4) is 0 Å². The highest BCUT2D eigenvalue weighted by Crippen LogP contribution is 2.27. The van der Waals surface area contributed by atoms with Crippen LogP contribution in [0.2, 0.25) is 0 Å². The minimum Gasteiger partial charge on any atom is -0.382 e. The zero-order chi connectivity index (χ0) is 18.6. The predicted octanol–water partition coefficient (Wildman–Crippen LogP) is 1.80. The Bertz CT molecular complexity index is 626. The van der Waals surface area contributed by atoms with Gasteiger partial charge in [0.15, 0.2) is 0 Å². The van der Waals surface area contributed by atoms with Crippen molar-refractivity contribution in [3.63, 3.8) is 0 Å². The van der Waals surface area contributed by atoms with Gasteiger partial charge in [-0.05, 0) is 49.4 Å². The summed E-state index contributed by atoms with van der Waals surface area (Å²) in [4.78, 5) is 24.7. The first-order chi connectivity index (χ1) is 11.8. The van der Waals surface area contributed by atoms with Gasteiger partial charge in [-0.1, -0.05) is 38.2 Å². The first kappa shape index (κ1) is 19.6. The summed E-state index contributed by atoms with van der Waals surface area (Å²) in [5.41, 5.74) is 8.29. The number of aliphatic hydroxyl groups excluding tert-OH is 1. The summed E-state index contributed by atoms with van der Waals surface area (Å²) in [7, 11) is 0. The summed E-state index contributed by atoms with van der Waals surface area (Å²) >= 11 is 0. The molecule has 0 aromatic heterocycles. The van der Waals surface area contributed by atoms with Crippen LogP contribution in [0, 0.1) is 19.8 Å². The van der Waals surface area contributed by atoms with Crippen LogP contribution < -0.4 is 11.6 Å². The van der Waals surface area contributed by atoms with Gasteiger partial charge in [0.2, 0.25) is 0 Å². The van der Waals surface area contributed by atoms with Crippen LogP contribution in [-0.4, -0.2) is 34.1 Å². The lowest BCUT2D eigenvalue weighted by Gasteiger charge is -2.28. The fourth-order valence-electron chi connectivity index (χ4n) is 3.38. The van der Waals surface area contributed by atoms with Crippen molar-refractivity contribution in [1.82, 2.24) is 5.01 Å². The van der Waals surface area contributed by atoms with Crippen molar-refractivity contribution >= 4 is 11.8 Å². The van der Waals surface area contributed by atoms with Gasteiger partial charge in [0.05, 0.1) is 0 Å². The Labute approximate surface area is 149 Å². The summed E-state index contributed by atoms with van der Waals surface area (Å²) in [6, 6.07) is 4.38. The Hall–Kier alpha value is -1.76. The van der Waals surface area contributed by atoms with Crippen molar-refractivity contribution < 1.29 is 14.7 Å². The maximum absolute atomic E-state index is 12.4. The van der Waals surface area contributed by atoms with Crippen LogP contribution in [-0.2, 0) is 4.79 Å². The number of benzene rings is 1. The van der Waals surface area contributed by atoms with E-state index in [1.807, 2.05) is 13.8 Å². The molecule has 0 saturated heterocycles. The lowest BCUT2D eigenvalue weighted by molar-refractivity contribution is -0.138. The molecule has 0 aliphatic heterocycles. The third kappa shape index (κ3) is 4.87. The molecule has 138 valence electrons. The molecule has 0 heterocycles. The molecule has 1 aromatic rings. The maximum atomic E-state index is 12.4. The molecule has 1 aliphatic carbocycles. The van der Waals surface area contributed by atoms with Gasteiger partial charge >= 0.3 is 0 Å². The van der Waals surface area contributed by atoms with Crippen molar-refractivity contribution in [2.75, 3.05) is 0 Å². The van der Waals surface area contributed by atoms with Crippen LogP contribution in [0.3, 0.4) is 0 Å². The third-order valence-corrected chi connectivity index (χ3v) is 5.20. The number of nitrogens with two attached hydrogens (primary N) is 2. The number of hydrogen-bond donors (Lipinski definition) is 3. The monoisotopic (exact) mass is 347 g/mol. The molecule has 2 amide bonds. The predicted molar refractivity (Wildman–Crippen MR) is 96.5 cm³/mol. The molecule has 1 aliphatic rings. The van der Waals surface area contributed by atoms with Gasteiger partial charge < -0.3 is 10.8 Å². The standard InChI is InChI=1S/C19H29N3O3/c1-12-8-9-15(10-13(12)2)18(24)22(21)19(25)17(23)16(20)11-14-6-4-3-5-7-14/h8-10,14,16-17,23H,3-7,11,20-21H2,1-2H3/t16-,17?/m1/s1. The second-order valence-corrected chi connectivity index (χ2v) is 7.16. The number of nitrogens with zero attached hydrogens (tertiary/aromatic N) is 1. The Morgan fingerprint density at radius 1 is 1.20 bits per heavy atom. The normalized spacial score (nSPS) is 17.8. The van der Waals surface area contributed by atoms with Gasteiger partial charge in [-0.15, -0.1) is 0 Å². The van der Waals surface area contributed by atoms with Gasteiger partial charge in [0.1, 0.15) is 6.10 Å².